The summed E-state index contributed by atoms with van der Waals surface area (Å²) in [6.45, 7) is 0. The molecule has 2 nitrogen and oxygen atoms in total. The molecule has 0 bridgehead atoms. The van der Waals surface area contributed by atoms with Gasteiger partial charge in [-0.1, -0.05) is 24.3 Å². The molecular weight excluding hydrogens is 350 g/mol. The zero-order valence-corrected chi connectivity index (χ0v) is 12.3. The van der Waals surface area contributed by atoms with E-state index in [1.807, 2.05) is 0 Å². The molecule has 2 aromatic carbocycles. The van der Waals surface area contributed by atoms with Gasteiger partial charge in [-0.3, -0.25) is 0 Å². The van der Waals surface area contributed by atoms with Gasteiger partial charge in [-0.15, -0.1) is 0 Å². The zero-order valence-electron chi connectivity index (χ0n) is 12.3. The second kappa shape index (κ2) is 6.62. The molecule has 25 heavy (non-hydrogen) atoms. The van der Waals surface area contributed by atoms with Crippen molar-refractivity contribution in [3.8, 4) is 11.1 Å². The molecule has 0 aliphatic heterocycles. The molecule has 8 heteroatoms. The normalized spacial score (nSPS) is 12.6. The van der Waals surface area contributed by atoms with E-state index in [9.17, 15) is 31.1 Å². The number of halogens is 6. The summed E-state index contributed by atoms with van der Waals surface area (Å²) in [5.41, 5.74) is -2.38. The summed E-state index contributed by atoms with van der Waals surface area (Å²) in [6.07, 6.45) is -8.01. The van der Waals surface area contributed by atoms with E-state index >= 15 is 0 Å². The lowest BCUT2D eigenvalue weighted by atomic mass is 9.94. The van der Waals surface area contributed by atoms with Gasteiger partial charge < -0.3 is 5.11 Å². The molecule has 0 aromatic heterocycles. The van der Waals surface area contributed by atoms with Crippen molar-refractivity contribution in [3.63, 3.8) is 0 Å². The van der Waals surface area contributed by atoms with Crippen LogP contribution in [0.4, 0.5) is 26.3 Å². The van der Waals surface area contributed by atoms with Gasteiger partial charge in [0.05, 0.1) is 11.1 Å². The van der Waals surface area contributed by atoms with Crippen LogP contribution in [0.1, 0.15) is 16.7 Å². The van der Waals surface area contributed by atoms with Crippen molar-refractivity contribution in [2.45, 2.75) is 12.4 Å². The molecule has 0 aliphatic rings. The lowest BCUT2D eigenvalue weighted by Crippen LogP contribution is -2.08. The summed E-state index contributed by atoms with van der Waals surface area (Å²) in [4.78, 5) is 10.6. The zero-order chi connectivity index (χ0) is 18.8. The molecule has 0 unspecified atom stereocenters. The predicted octanol–water partition coefficient (Wildman–Crippen LogP) is 5.49. The monoisotopic (exact) mass is 360 g/mol. The van der Waals surface area contributed by atoms with Crippen molar-refractivity contribution < 1.29 is 36.2 Å². The Hall–Kier alpha value is -2.77. The number of hydrogen-bond acceptors (Lipinski definition) is 1. The van der Waals surface area contributed by atoms with Gasteiger partial charge in [0.2, 0.25) is 0 Å². The summed E-state index contributed by atoms with van der Waals surface area (Å²) in [5.74, 6) is -1.45. The number of hydrogen-bond donors (Lipinski definition) is 1. The molecule has 132 valence electrons. The SMILES string of the molecule is O=C(O)/C=C/c1c(-c2ccc(C(F)(F)F)cc2)cccc1C(F)(F)F. The van der Waals surface area contributed by atoms with Gasteiger partial charge in [0, 0.05) is 6.08 Å². The molecule has 2 aromatic rings. The minimum absolute atomic E-state index is 0.0268. The second-order valence-corrected chi connectivity index (χ2v) is 5.01. The first-order chi connectivity index (χ1) is 11.5. The predicted molar refractivity (Wildman–Crippen MR) is 78.6 cm³/mol. The average molecular weight is 360 g/mol. The third-order valence-electron chi connectivity index (χ3n) is 3.33. The maximum absolute atomic E-state index is 13.2. The summed E-state index contributed by atoms with van der Waals surface area (Å²) in [7, 11) is 0. The van der Waals surface area contributed by atoms with Crippen LogP contribution in [0.25, 0.3) is 17.2 Å². The Labute approximate surface area is 138 Å². The lowest BCUT2D eigenvalue weighted by molar-refractivity contribution is -0.138. The number of rotatable bonds is 3. The standard InChI is InChI=1S/C17H10F6O2/c18-16(19,20)11-6-4-10(5-7-11)12-2-1-3-14(17(21,22)23)13(12)8-9-15(24)25/h1-9H,(H,24,25)/b9-8+. The van der Waals surface area contributed by atoms with E-state index in [4.69, 9.17) is 5.11 Å². The van der Waals surface area contributed by atoms with E-state index in [0.717, 1.165) is 42.5 Å². The van der Waals surface area contributed by atoms with Crippen molar-refractivity contribution >= 4 is 12.0 Å². The van der Waals surface area contributed by atoms with Crippen LogP contribution < -0.4 is 0 Å². The van der Waals surface area contributed by atoms with Crippen molar-refractivity contribution in [2.24, 2.45) is 0 Å². The molecule has 2 rings (SSSR count). The fourth-order valence-electron chi connectivity index (χ4n) is 2.24. The Bertz CT molecular complexity index is 801. The van der Waals surface area contributed by atoms with Gasteiger partial charge >= 0.3 is 18.3 Å². The van der Waals surface area contributed by atoms with E-state index in [2.05, 4.69) is 0 Å². The molecule has 0 aliphatic carbocycles. The summed E-state index contributed by atoms with van der Waals surface area (Å²) in [5, 5.41) is 8.66. The quantitative estimate of drug-likeness (QED) is 0.581. The van der Waals surface area contributed by atoms with Gasteiger partial charge in [0.15, 0.2) is 0 Å². The van der Waals surface area contributed by atoms with Crippen LogP contribution in [0.15, 0.2) is 48.5 Å². The Morgan fingerprint density at radius 2 is 1.48 bits per heavy atom. The van der Waals surface area contributed by atoms with Crippen LogP contribution in [0.2, 0.25) is 0 Å². The summed E-state index contributed by atoms with van der Waals surface area (Å²) in [6, 6.07) is 6.73. The van der Waals surface area contributed by atoms with Gasteiger partial charge in [0.1, 0.15) is 0 Å². The summed E-state index contributed by atoms with van der Waals surface area (Å²) < 4.78 is 77.3. The molecule has 1 N–H and O–H groups in total. The van der Waals surface area contributed by atoms with E-state index in [0.29, 0.717) is 6.08 Å². The number of carboxylic acids is 1. The number of carbonyl (C=O) groups is 1. The highest BCUT2D eigenvalue weighted by atomic mass is 19.4. The lowest BCUT2D eigenvalue weighted by Gasteiger charge is -2.15. The number of alkyl halides is 6. The van der Waals surface area contributed by atoms with Crippen LogP contribution in [0, 0.1) is 0 Å². The minimum atomic E-state index is -4.75. The maximum atomic E-state index is 13.2. The molecule has 0 heterocycles. The van der Waals surface area contributed by atoms with Crippen molar-refractivity contribution in [1.29, 1.82) is 0 Å². The van der Waals surface area contributed by atoms with Gasteiger partial charge in [-0.2, -0.15) is 26.3 Å². The highest BCUT2D eigenvalue weighted by molar-refractivity contribution is 5.88. The van der Waals surface area contributed by atoms with Gasteiger partial charge in [-0.05, 0) is 41.0 Å². The van der Waals surface area contributed by atoms with Crippen molar-refractivity contribution in [2.75, 3.05) is 0 Å². The minimum Gasteiger partial charge on any atom is -0.478 e. The first-order valence-corrected chi connectivity index (χ1v) is 6.79. The molecule has 0 radical (unpaired) electrons. The van der Waals surface area contributed by atoms with Gasteiger partial charge in [-0.25, -0.2) is 4.79 Å². The third-order valence-corrected chi connectivity index (χ3v) is 3.33. The van der Waals surface area contributed by atoms with Crippen molar-refractivity contribution in [3.05, 3.63) is 65.2 Å². The van der Waals surface area contributed by atoms with Crippen LogP contribution in [-0.2, 0) is 17.1 Å². The fraction of sp³-hybridized carbons (Fsp3) is 0.118. The third kappa shape index (κ3) is 4.40. The largest absolute Gasteiger partial charge is 0.478 e. The molecule has 0 spiro atoms. The van der Waals surface area contributed by atoms with Crippen LogP contribution in [0.5, 0.6) is 0 Å². The molecule has 0 saturated carbocycles. The highest BCUT2D eigenvalue weighted by Crippen LogP contribution is 2.38. The average Bonchev–Trinajstić information content (AvgIpc) is 2.51. The van der Waals surface area contributed by atoms with E-state index in [1.54, 1.807) is 0 Å². The first kappa shape index (κ1) is 18.6. The topological polar surface area (TPSA) is 37.3 Å². The van der Waals surface area contributed by atoms with E-state index in [-0.39, 0.29) is 11.1 Å². The van der Waals surface area contributed by atoms with E-state index < -0.39 is 35.0 Å². The Morgan fingerprint density at radius 3 is 1.96 bits per heavy atom. The van der Waals surface area contributed by atoms with Crippen LogP contribution >= 0.6 is 0 Å². The van der Waals surface area contributed by atoms with Crippen molar-refractivity contribution in [1.82, 2.24) is 0 Å². The molecule has 0 amide bonds. The Morgan fingerprint density at radius 1 is 0.880 bits per heavy atom. The van der Waals surface area contributed by atoms with Crippen LogP contribution in [-0.4, -0.2) is 11.1 Å². The Kier molecular flexibility index (Phi) is 4.92. The fourth-order valence-corrected chi connectivity index (χ4v) is 2.24. The molecular formula is C17H10F6O2. The number of carboxylic acid groups (broad SMARTS) is 1. The molecule has 0 saturated heterocycles. The highest BCUT2D eigenvalue weighted by Gasteiger charge is 2.34. The molecule has 0 atom stereocenters. The van der Waals surface area contributed by atoms with Crippen LogP contribution in [0.3, 0.4) is 0 Å². The maximum Gasteiger partial charge on any atom is 0.417 e. The molecule has 0 fully saturated rings. The smallest absolute Gasteiger partial charge is 0.417 e. The Balaban J connectivity index is 2.62. The van der Waals surface area contributed by atoms with E-state index in [1.165, 1.54) is 6.07 Å². The number of benzene rings is 2. The number of aliphatic carboxylic acids is 1. The first-order valence-electron chi connectivity index (χ1n) is 6.79. The second-order valence-electron chi connectivity index (χ2n) is 5.01. The van der Waals surface area contributed by atoms with Gasteiger partial charge in [0.25, 0.3) is 0 Å². The summed E-state index contributed by atoms with van der Waals surface area (Å²) >= 11 is 0.